The number of allylic oxidation sites excluding steroid dienone is 3. The summed E-state index contributed by atoms with van der Waals surface area (Å²) in [7, 11) is 3.53. The van der Waals surface area contributed by atoms with Crippen molar-refractivity contribution in [1.29, 1.82) is 0 Å². The molecule has 5 heteroatoms. The predicted molar refractivity (Wildman–Crippen MR) is 108 cm³/mol. The molecule has 2 N–H and O–H groups in total. The molecule has 0 aliphatic rings. The van der Waals surface area contributed by atoms with Crippen LogP contribution in [0.2, 0.25) is 0 Å². The SMILES string of the molecule is C=C/C=C(\OC)c1cnc2nc(CC(=C)c3ccccc3NC)[nH]c2c1. The Morgan fingerprint density at radius 2 is 2.15 bits per heavy atom. The first-order chi connectivity index (χ1) is 12.7. The highest BCUT2D eigenvalue weighted by molar-refractivity contribution is 5.78. The van der Waals surface area contributed by atoms with Crippen LogP contribution in [0.3, 0.4) is 0 Å². The standard InChI is InChI=1S/C21H22N4O/c1-5-8-19(26-4)15-12-18-21(23-13-15)25-20(24-18)11-14(2)16-9-6-7-10-17(16)22-3/h5-10,12-13,22H,1-2,11H2,3-4H3,(H,23,24,25)/b19-8-. The van der Waals surface area contributed by atoms with Gasteiger partial charge in [0.25, 0.3) is 0 Å². The number of imidazole rings is 1. The third kappa shape index (κ3) is 3.52. The second-order valence-electron chi connectivity index (χ2n) is 5.83. The van der Waals surface area contributed by atoms with Crippen LogP contribution in [0.5, 0.6) is 0 Å². The van der Waals surface area contributed by atoms with Gasteiger partial charge >= 0.3 is 0 Å². The van der Waals surface area contributed by atoms with Crippen molar-refractivity contribution < 1.29 is 4.74 Å². The number of ether oxygens (including phenoxy) is 1. The monoisotopic (exact) mass is 346 g/mol. The maximum atomic E-state index is 5.37. The van der Waals surface area contributed by atoms with Gasteiger partial charge in [0.1, 0.15) is 11.6 Å². The van der Waals surface area contributed by atoms with Gasteiger partial charge in [0.15, 0.2) is 5.65 Å². The Morgan fingerprint density at radius 1 is 1.35 bits per heavy atom. The Bertz CT molecular complexity index is 985. The van der Waals surface area contributed by atoms with Gasteiger partial charge in [-0.25, -0.2) is 9.97 Å². The number of anilines is 1. The molecule has 3 aromatic rings. The highest BCUT2D eigenvalue weighted by Gasteiger charge is 2.11. The van der Waals surface area contributed by atoms with E-state index in [0.29, 0.717) is 17.8 Å². The van der Waals surface area contributed by atoms with Gasteiger partial charge in [0.05, 0.1) is 12.6 Å². The molecule has 3 rings (SSSR count). The number of methoxy groups -OCH3 is 1. The lowest BCUT2D eigenvalue weighted by molar-refractivity contribution is 0.370. The number of hydrogen-bond acceptors (Lipinski definition) is 4. The number of aromatic nitrogens is 3. The number of benzene rings is 1. The predicted octanol–water partition coefficient (Wildman–Crippen LogP) is 4.43. The Kier molecular flexibility index (Phi) is 5.17. The molecule has 0 saturated carbocycles. The molecule has 0 unspecified atom stereocenters. The maximum absolute atomic E-state index is 5.37. The fourth-order valence-electron chi connectivity index (χ4n) is 2.86. The molecule has 132 valence electrons. The maximum Gasteiger partial charge on any atom is 0.177 e. The molecule has 0 aliphatic carbocycles. The summed E-state index contributed by atoms with van der Waals surface area (Å²) >= 11 is 0. The average Bonchev–Trinajstić information content (AvgIpc) is 3.07. The number of pyridine rings is 1. The fraction of sp³-hybridized carbons (Fsp3) is 0.143. The summed E-state index contributed by atoms with van der Waals surface area (Å²) < 4.78 is 5.37. The van der Waals surface area contributed by atoms with Crippen molar-refractivity contribution in [2.45, 2.75) is 6.42 Å². The normalized spacial score (nSPS) is 11.4. The lowest BCUT2D eigenvalue weighted by atomic mass is 10.0. The second kappa shape index (κ2) is 7.70. The smallest absolute Gasteiger partial charge is 0.177 e. The first-order valence-electron chi connectivity index (χ1n) is 8.33. The van der Waals surface area contributed by atoms with Gasteiger partial charge in [-0.1, -0.05) is 37.4 Å². The molecule has 2 aromatic heterocycles. The van der Waals surface area contributed by atoms with Gasteiger partial charge in [-0.05, 0) is 23.8 Å². The van der Waals surface area contributed by atoms with Gasteiger partial charge in [-0.2, -0.15) is 0 Å². The quantitative estimate of drug-likeness (QED) is 0.491. The van der Waals surface area contributed by atoms with E-state index < -0.39 is 0 Å². The Morgan fingerprint density at radius 3 is 2.88 bits per heavy atom. The molecule has 26 heavy (non-hydrogen) atoms. The third-order valence-corrected chi connectivity index (χ3v) is 4.12. The number of hydrogen-bond donors (Lipinski definition) is 2. The summed E-state index contributed by atoms with van der Waals surface area (Å²) in [5.74, 6) is 1.53. The summed E-state index contributed by atoms with van der Waals surface area (Å²) in [6, 6.07) is 10.1. The van der Waals surface area contributed by atoms with Crippen LogP contribution < -0.4 is 5.32 Å². The molecule has 0 amide bonds. The molecule has 5 nitrogen and oxygen atoms in total. The average molecular weight is 346 g/mol. The Hall–Kier alpha value is -3.34. The number of aromatic amines is 1. The summed E-state index contributed by atoms with van der Waals surface area (Å²) in [6.45, 7) is 7.93. The van der Waals surface area contributed by atoms with E-state index in [4.69, 9.17) is 4.74 Å². The molecule has 0 bridgehead atoms. The summed E-state index contributed by atoms with van der Waals surface area (Å²) in [6.07, 6.45) is 5.85. The zero-order valence-electron chi connectivity index (χ0n) is 15.0. The highest BCUT2D eigenvalue weighted by atomic mass is 16.5. The van der Waals surface area contributed by atoms with Gasteiger partial charge in [0.2, 0.25) is 0 Å². The number of para-hydroxylation sites is 1. The van der Waals surface area contributed by atoms with Crippen LogP contribution in [0.1, 0.15) is 17.0 Å². The molecular formula is C21H22N4O. The molecule has 0 saturated heterocycles. The Labute approximate surface area is 153 Å². The molecule has 0 atom stereocenters. The minimum atomic E-state index is 0.615. The van der Waals surface area contributed by atoms with E-state index in [1.807, 2.05) is 31.3 Å². The molecule has 1 aromatic carbocycles. The molecule has 0 radical (unpaired) electrons. The second-order valence-corrected chi connectivity index (χ2v) is 5.83. The van der Waals surface area contributed by atoms with E-state index >= 15 is 0 Å². The Balaban J connectivity index is 1.88. The number of H-pyrrole nitrogens is 1. The largest absolute Gasteiger partial charge is 0.496 e. The van der Waals surface area contributed by atoms with E-state index in [2.05, 4.69) is 39.5 Å². The van der Waals surface area contributed by atoms with Crippen molar-refractivity contribution in [2.24, 2.45) is 0 Å². The lowest BCUT2D eigenvalue weighted by Gasteiger charge is -2.10. The van der Waals surface area contributed by atoms with Crippen LogP contribution in [0.25, 0.3) is 22.5 Å². The van der Waals surface area contributed by atoms with E-state index in [-0.39, 0.29) is 0 Å². The van der Waals surface area contributed by atoms with Gasteiger partial charge in [-0.15, -0.1) is 0 Å². The lowest BCUT2D eigenvalue weighted by Crippen LogP contribution is -1.97. The third-order valence-electron chi connectivity index (χ3n) is 4.12. The van der Waals surface area contributed by atoms with Crippen molar-refractivity contribution in [3.8, 4) is 0 Å². The van der Waals surface area contributed by atoms with Crippen molar-refractivity contribution in [1.82, 2.24) is 15.0 Å². The topological polar surface area (TPSA) is 62.8 Å². The van der Waals surface area contributed by atoms with Crippen molar-refractivity contribution in [3.63, 3.8) is 0 Å². The molecule has 0 spiro atoms. The zero-order valence-corrected chi connectivity index (χ0v) is 15.0. The van der Waals surface area contributed by atoms with Crippen LogP contribution in [0.4, 0.5) is 5.69 Å². The first kappa shape index (κ1) is 17.5. The molecule has 2 heterocycles. The van der Waals surface area contributed by atoms with Crippen molar-refractivity contribution >= 4 is 28.2 Å². The summed E-state index contributed by atoms with van der Waals surface area (Å²) in [5, 5.41) is 3.20. The minimum Gasteiger partial charge on any atom is -0.496 e. The van der Waals surface area contributed by atoms with Gasteiger partial charge in [-0.3, -0.25) is 0 Å². The highest BCUT2D eigenvalue weighted by Crippen LogP contribution is 2.25. The van der Waals surface area contributed by atoms with Crippen LogP contribution in [-0.4, -0.2) is 29.1 Å². The van der Waals surface area contributed by atoms with E-state index in [9.17, 15) is 0 Å². The van der Waals surface area contributed by atoms with Crippen LogP contribution >= 0.6 is 0 Å². The van der Waals surface area contributed by atoms with Gasteiger partial charge < -0.3 is 15.0 Å². The van der Waals surface area contributed by atoms with Crippen LogP contribution in [0.15, 0.2) is 61.8 Å². The minimum absolute atomic E-state index is 0.615. The molecule has 0 fully saturated rings. The molecular weight excluding hydrogens is 324 g/mol. The zero-order chi connectivity index (χ0) is 18.5. The number of nitrogens with zero attached hydrogens (tertiary/aromatic N) is 2. The fourth-order valence-corrected chi connectivity index (χ4v) is 2.86. The van der Waals surface area contributed by atoms with Crippen LogP contribution in [0, 0.1) is 0 Å². The first-order valence-corrected chi connectivity index (χ1v) is 8.33. The van der Waals surface area contributed by atoms with Crippen LogP contribution in [-0.2, 0) is 11.2 Å². The van der Waals surface area contributed by atoms with Gasteiger partial charge in [0, 0.05) is 36.5 Å². The summed E-state index contributed by atoms with van der Waals surface area (Å²) in [4.78, 5) is 12.3. The van der Waals surface area contributed by atoms with E-state index in [0.717, 1.165) is 33.7 Å². The number of fused-ring (bicyclic) bond motifs is 1. The molecule has 0 aliphatic heterocycles. The van der Waals surface area contributed by atoms with Crippen molar-refractivity contribution in [3.05, 3.63) is 78.8 Å². The van der Waals surface area contributed by atoms with E-state index in [1.165, 1.54) is 0 Å². The number of rotatable bonds is 7. The summed E-state index contributed by atoms with van der Waals surface area (Å²) in [5.41, 5.74) is 5.52. The number of nitrogens with one attached hydrogen (secondary N) is 2. The van der Waals surface area contributed by atoms with Crippen molar-refractivity contribution in [2.75, 3.05) is 19.5 Å². The van der Waals surface area contributed by atoms with E-state index in [1.54, 1.807) is 25.5 Å².